The molecule has 0 saturated heterocycles. The Bertz CT molecular complexity index is 675. The first-order chi connectivity index (χ1) is 11.7. The molecule has 1 amide bonds. The highest BCUT2D eigenvalue weighted by Crippen LogP contribution is 2.35. The molecule has 1 atom stereocenters. The van der Waals surface area contributed by atoms with E-state index in [1.165, 1.54) is 6.42 Å². The summed E-state index contributed by atoms with van der Waals surface area (Å²) >= 11 is 0. The Morgan fingerprint density at radius 3 is 2.67 bits per heavy atom. The molecule has 1 aromatic carbocycles. The first kappa shape index (κ1) is 16.7. The molecule has 128 valence electrons. The number of hydrogen-bond donors (Lipinski definition) is 2. The summed E-state index contributed by atoms with van der Waals surface area (Å²) in [6.07, 6.45) is 5.16. The first-order valence-electron chi connectivity index (χ1n) is 8.64. The minimum Gasteiger partial charge on any atom is -0.388 e. The molecule has 2 N–H and O–H groups in total. The van der Waals surface area contributed by atoms with Crippen LogP contribution in [0.5, 0.6) is 0 Å². The third-order valence-electron chi connectivity index (χ3n) is 4.80. The Hall–Kier alpha value is -2.14. The minimum absolute atomic E-state index is 0.188. The summed E-state index contributed by atoms with van der Waals surface area (Å²) in [5.41, 5.74) is 2.07. The first-order valence-corrected chi connectivity index (χ1v) is 8.64. The van der Waals surface area contributed by atoms with Crippen molar-refractivity contribution in [2.75, 3.05) is 7.05 Å². The van der Waals surface area contributed by atoms with Crippen LogP contribution in [0.2, 0.25) is 0 Å². The van der Waals surface area contributed by atoms with E-state index in [0.717, 1.165) is 36.9 Å². The lowest BCUT2D eigenvalue weighted by atomic mass is 9.84. The molecule has 5 nitrogen and oxygen atoms in total. The van der Waals surface area contributed by atoms with Crippen molar-refractivity contribution < 1.29 is 14.4 Å². The average Bonchev–Trinajstić information content (AvgIpc) is 3.06. The lowest BCUT2D eigenvalue weighted by molar-refractivity contribution is 0.0958. The molecule has 1 aliphatic carbocycles. The zero-order chi connectivity index (χ0) is 16.9. The lowest BCUT2D eigenvalue weighted by Gasteiger charge is -2.20. The van der Waals surface area contributed by atoms with Crippen molar-refractivity contribution >= 4 is 5.91 Å². The standard InChI is InChI=1S/C19H24N2O3/c1-20-19(23)17-16(12-15(22)13-8-4-2-5-9-13)24-21-18(17)14-10-6-3-7-11-14/h2,4-5,8-9,14-15,22H,3,6-7,10-12H2,1H3,(H,20,23). The maximum Gasteiger partial charge on any atom is 0.256 e. The largest absolute Gasteiger partial charge is 0.388 e. The smallest absolute Gasteiger partial charge is 0.256 e. The Morgan fingerprint density at radius 2 is 2.00 bits per heavy atom. The van der Waals surface area contributed by atoms with Crippen LogP contribution in [-0.4, -0.2) is 23.2 Å². The molecule has 1 unspecified atom stereocenters. The van der Waals surface area contributed by atoms with Gasteiger partial charge < -0.3 is 14.9 Å². The number of hydrogen-bond acceptors (Lipinski definition) is 4. The summed E-state index contributed by atoms with van der Waals surface area (Å²) in [4.78, 5) is 12.4. The maximum absolute atomic E-state index is 12.4. The second-order valence-corrected chi connectivity index (χ2v) is 6.41. The van der Waals surface area contributed by atoms with E-state index in [1.807, 2.05) is 30.3 Å². The normalized spacial score (nSPS) is 16.8. The van der Waals surface area contributed by atoms with Gasteiger partial charge in [0.2, 0.25) is 0 Å². The van der Waals surface area contributed by atoms with Crippen LogP contribution in [0, 0.1) is 0 Å². The highest BCUT2D eigenvalue weighted by Gasteiger charge is 2.29. The Kier molecular flexibility index (Phi) is 5.30. The molecule has 1 aromatic heterocycles. The molecule has 24 heavy (non-hydrogen) atoms. The number of aromatic nitrogens is 1. The minimum atomic E-state index is -0.721. The number of nitrogens with one attached hydrogen (secondary N) is 1. The van der Waals surface area contributed by atoms with E-state index in [0.29, 0.717) is 11.3 Å². The van der Waals surface area contributed by atoms with Crippen LogP contribution in [0.15, 0.2) is 34.9 Å². The summed E-state index contributed by atoms with van der Waals surface area (Å²) in [7, 11) is 1.61. The summed E-state index contributed by atoms with van der Waals surface area (Å²) in [6, 6.07) is 9.39. The SMILES string of the molecule is CNC(=O)c1c(C2CCCCC2)noc1CC(O)c1ccccc1. The third kappa shape index (κ3) is 3.51. The predicted molar refractivity (Wildman–Crippen MR) is 90.8 cm³/mol. The number of nitrogens with zero attached hydrogens (tertiary/aromatic N) is 1. The fourth-order valence-electron chi connectivity index (χ4n) is 3.47. The van der Waals surface area contributed by atoms with Gasteiger partial charge in [-0.2, -0.15) is 0 Å². The molecule has 3 rings (SSSR count). The van der Waals surface area contributed by atoms with Crippen LogP contribution < -0.4 is 5.32 Å². The number of amides is 1. The van der Waals surface area contributed by atoms with Crippen LogP contribution in [-0.2, 0) is 6.42 Å². The van der Waals surface area contributed by atoms with E-state index in [4.69, 9.17) is 4.52 Å². The molecule has 0 aliphatic heterocycles. The van der Waals surface area contributed by atoms with Crippen LogP contribution in [0.4, 0.5) is 0 Å². The van der Waals surface area contributed by atoms with Gasteiger partial charge in [0.15, 0.2) is 5.76 Å². The van der Waals surface area contributed by atoms with Crippen LogP contribution in [0.1, 0.15) is 71.5 Å². The van der Waals surface area contributed by atoms with Crippen LogP contribution in [0.3, 0.4) is 0 Å². The number of aliphatic hydroxyl groups is 1. The molecule has 0 spiro atoms. The van der Waals surface area contributed by atoms with Gasteiger partial charge >= 0.3 is 0 Å². The van der Waals surface area contributed by atoms with Gasteiger partial charge in [0.1, 0.15) is 5.56 Å². The van der Waals surface area contributed by atoms with Crippen molar-refractivity contribution in [2.45, 2.75) is 50.5 Å². The molecular weight excluding hydrogens is 304 g/mol. The predicted octanol–water partition coefficient (Wildman–Crippen LogP) is 3.36. The average molecular weight is 328 g/mol. The zero-order valence-corrected chi connectivity index (χ0v) is 14.0. The number of aliphatic hydroxyl groups excluding tert-OH is 1. The van der Waals surface area contributed by atoms with Gasteiger partial charge in [-0.25, -0.2) is 0 Å². The van der Waals surface area contributed by atoms with Crippen LogP contribution >= 0.6 is 0 Å². The lowest BCUT2D eigenvalue weighted by Crippen LogP contribution is -2.22. The van der Waals surface area contributed by atoms with Crippen molar-refractivity contribution in [1.82, 2.24) is 10.5 Å². The number of carbonyl (C=O) groups is 1. The molecule has 1 fully saturated rings. The molecule has 0 radical (unpaired) electrons. The number of carbonyl (C=O) groups excluding carboxylic acids is 1. The van der Waals surface area contributed by atoms with Crippen LogP contribution in [0.25, 0.3) is 0 Å². The maximum atomic E-state index is 12.4. The highest BCUT2D eigenvalue weighted by atomic mass is 16.5. The van der Waals surface area contributed by atoms with Gasteiger partial charge in [0.25, 0.3) is 5.91 Å². The molecular formula is C19H24N2O3. The number of benzene rings is 1. The van der Waals surface area contributed by atoms with E-state index in [-0.39, 0.29) is 18.2 Å². The van der Waals surface area contributed by atoms with Gasteiger partial charge in [0.05, 0.1) is 11.8 Å². The molecule has 2 aromatic rings. The zero-order valence-electron chi connectivity index (χ0n) is 14.0. The molecule has 1 aliphatic rings. The fraction of sp³-hybridized carbons (Fsp3) is 0.474. The van der Waals surface area contributed by atoms with Gasteiger partial charge in [-0.05, 0) is 18.4 Å². The Labute approximate surface area is 142 Å². The quantitative estimate of drug-likeness (QED) is 0.882. The molecule has 1 saturated carbocycles. The highest BCUT2D eigenvalue weighted by molar-refractivity contribution is 5.96. The van der Waals surface area contributed by atoms with E-state index in [9.17, 15) is 9.90 Å². The third-order valence-corrected chi connectivity index (χ3v) is 4.80. The van der Waals surface area contributed by atoms with E-state index in [2.05, 4.69) is 10.5 Å². The van der Waals surface area contributed by atoms with Crippen molar-refractivity contribution in [3.63, 3.8) is 0 Å². The van der Waals surface area contributed by atoms with Crippen molar-refractivity contribution in [1.29, 1.82) is 0 Å². The summed E-state index contributed by atoms with van der Waals surface area (Å²) < 4.78 is 5.49. The van der Waals surface area contributed by atoms with Crippen molar-refractivity contribution in [3.05, 3.63) is 52.9 Å². The van der Waals surface area contributed by atoms with E-state index >= 15 is 0 Å². The van der Waals surface area contributed by atoms with Crippen molar-refractivity contribution in [3.8, 4) is 0 Å². The number of rotatable bonds is 5. The Balaban J connectivity index is 1.87. The van der Waals surface area contributed by atoms with Gasteiger partial charge in [-0.1, -0.05) is 54.8 Å². The summed E-state index contributed by atoms with van der Waals surface area (Å²) in [5.74, 6) is 0.552. The van der Waals surface area contributed by atoms with E-state index in [1.54, 1.807) is 7.05 Å². The van der Waals surface area contributed by atoms with Gasteiger partial charge in [-0.15, -0.1) is 0 Å². The second-order valence-electron chi connectivity index (χ2n) is 6.41. The van der Waals surface area contributed by atoms with Gasteiger partial charge in [0, 0.05) is 19.4 Å². The molecule has 0 bridgehead atoms. The van der Waals surface area contributed by atoms with Crippen molar-refractivity contribution in [2.24, 2.45) is 0 Å². The van der Waals surface area contributed by atoms with E-state index < -0.39 is 6.10 Å². The topological polar surface area (TPSA) is 75.4 Å². The Morgan fingerprint density at radius 1 is 1.29 bits per heavy atom. The molecule has 5 heteroatoms. The summed E-state index contributed by atoms with van der Waals surface area (Å²) in [6.45, 7) is 0. The van der Waals surface area contributed by atoms with Gasteiger partial charge in [-0.3, -0.25) is 4.79 Å². The molecule has 1 heterocycles. The second kappa shape index (κ2) is 7.62. The monoisotopic (exact) mass is 328 g/mol. The summed E-state index contributed by atoms with van der Waals surface area (Å²) in [5, 5.41) is 17.3. The fourth-order valence-corrected chi connectivity index (χ4v) is 3.47.